The Hall–Kier alpha value is -2.18. The molecule has 4 N–H and O–H groups in total. The van der Waals surface area contributed by atoms with E-state index >= 15 is 0 Å². The lowest BCUT2D eigenvalue weighted by atomic mass is 10.2. The number of carbonyl (C=O) groups excluding carboxylic acids is 2. The molecular weight excluding hydrogens is 286 g/mol. The number of benzene rings is 1. The summed E-state index contributed by atoms with van der Waals surface area (Å²) < 4.78 is 0. The molecule has 0 radical (unpaired) electrons. The zero-order valence-corrected chi connectivity index (χ0v) is 12.4. The van der Waals surface area contributed by atoms with Gasteiger partial charge < -0.3 is 16.4 Å². The van der Waals surface area contributed by atoms with Gasteiger partial charge in [-0.05, 0) is 35.7 Å². The summed E-state index contributed by atoms with van der Waals surface area (Å²) in [7, 11) is 0. The third kappa shape index (κ3) is 4.14. The third-order valence-corrected chi connectivity index (χ3v) is 3.84. The highest BCUT2D eigenvalue weighted by Gasteiger charge is 2.16. The Morgan fingerprint density at radius 3 is 2.29 bits per heavy atom. The molecule has 5 nitrogen and oxygen atoms in total. The SMILES string of the molecule is CCC(=O)Nc1ccc(NC(=O)C(N)c2cccs2)cc1. The number of carbonyl (C=O) groups is 2. The van der Waals surface area contributed by atoms with Gasteiger partial charge in [0.25, 0.3) is 0 Å². The topological polar surface area (TPSA) is 84.2 Å². The molecule has 0 saturated heterocycles. The zero-order valence-electron chi connectivity index (χ0n) is 11.6. The van der Waals surface area contributed by atoms with Gasteiger partial charge >= 0.3 is 0 Å². The number of thiophene rings is 1. The van der Waals surface area contributed by atoms with Gasteiger partial charge in [0.15, 0.2) is 0 Å². The third-order valence-electron chi connectivity index (χ3n) is 2.89. The molecular formula is C15H17N3O2S. The molecule has 0 fully saturated rings. The molecule has 1 aromatic heterocycles. The first-order valence-corrected chi connectivity index (χ1v) is 7.48. The molecule has 0 aliphatic rings. The lowest BCUT2D eigenvalue weighted by molar-refractivity contribution is -0.117. The fourth-order valence-corrected chi connectivity index (χ4v) is 2.43. The minimum absolute atomic E-state index is 0.0495. The monoisotopic (exact) mass is 303 g/mol. The molecule has 0 spiro atoms. The van der Waals surface area contributed by atoms with E-state index in [-0.39, 0.29) is 11.8 Å². The first-order chi connectivity index (χ1) is 10.1. The molecule has 1 atom stereocenters. The van der Waals surface area contributed by atoms with Gasteiger partial charge in [-0.3, -0.25) is 9.59 Å². The molecule has 2 aromatic rings. The summed E-state index contributed by atoms with van der Waals surface area (Å²) in [6.07, 6.45) is 0.425. The van der Waals surface area contributed by atoms with Crippen LogP contribution in [0.3, 0.4) is 0 Å². The van der Waals surface area contributed by atoms with Crippen molar-refractivity contribution in [2.45, 2.75) is 19.4 Å². The number of nitrogens with two attached hydrogens (primary N) is 1. The molecule has 2 rings (SSSR count). The van der Waals surface area contributed by atoms with Gasteiger partial charge in [0.05, 0.1) is 0 Å². The predicted molar refractivity (Wildman–Crippen MR) is 85.2 cm³/mol. The van der Waals surface area contributed by atoms with Crippen LogP contribution in [0.5, 0.6) is 0 Å². The van der Waals surface area contributed by atoms with Crippen LogP contribution in [0.4, 0.5) is 11.4 Å². The molecule has 2 amide bonds. The second kappa shape index (κ2) is 7.01. The summed E-state index contributed by atoms with van der Waals surface area (Å²) in [5.74, 6) is -0.311. The number of nitrogens with one attached hydrogen (secondary N) is 2. The van der Waals surface area contributed by atoms with Crippen molar-refractivity contribution in [3.05, 3.63) is 46.7 Å². The minimum atomic E-state index is -0.676. The van der Waals surface area contributed by atoms with E-state index in [0.717, 1.165) is 4.88 Å². The number of hydrogen-bond donors (Lipinski definition) is 3. The Bertz CT molecular complexity index is 608. The van der Waals surface area contributed by atoms with E-state index in [4.69, 9.17) is 5.73 Å². The number of hydrogen-bond acceptors (Lipinski definition) is 4. The second-order valence-corrected chi connectivity index (χ2v) is 5.44. The van der Waals surface area contributed by atoms with Crippen LogP contribution in [0.15, 0.2) is 41.8 Å². The van der Waals surface area contributed by atoms with Crippen molar-refractivity contribution in [1.29, 1.82) is 0 Å². The molecule has 0 saturated carbocycles. The van der Waals surface area contributed by atoms with E-state index in [9.17, 15) is 9.59 Å². The van der Waals surface area contributed by atoms with Crippen LogP contribution >= 0.6 is 11.3 Å². The standard InChI is InChI=1S/C15H17N3O2S/c1-2-13(19)17-10-5-7-11(8-6-10)18-15(20)14(16)12-4-3-9-21-12/h3-9,14H,2,16H2,1H3,(H,17,19)(H,18,20). The van der Waals surface area contributed by atoms with E-state index in [1.165, 1.54) is 11.3 Å². The normalized spacial score (nSPS) is 11.7. The molecule has 110 valence electrons. The van der Waals surface area contributed by atoms with Gasteiger partial charge in [-0.1, -0.05) is 13.0 Å². The molecule has 1 unspecified atom stereocenters. The maximum atomic E-state index is 12.0. The smallest absolute Gasteiger partial charge is 0.246 e. The Morgan fingerprint density at radius 1 is 1.14 bits per heavy atom. The molecule has 0 aliphatic heterocycles. The average Bonchev–Trinajstić information content (AvgIpc) is 3.02. The summed E-state index contributed by atoms with van der Waals surface area (Å²) >= 11 is 1.45. The Balaban J connectivity index is 1.97. The first kappa shape index (κ1) is 15.2. The first-order valence-electron chi connectivity index (χ1n) is 6.60. The fraction of sp³-hybridized carbons (Fsp3) is 0.200. The highest BCUT2D eigenvalue weighted by molar-refractivity contribution is 7.10. The highest BCUT2D eigenvalue weighted by Crippen LogP contribution is 2.19. The number of amides is 2. The number of rotatable bonds is 5. The van der Waals surface area contributed by atoms with Crippen molar-refractivity contribution >= 4 is 34.5 Å². The second-order valence-electron chi connectivity index (χ2n) is 4.46. The summed E-state index contributed by atoms with van der Waals surface area (Å²) in [6, 6.07) is 9.94. The fourth-order valence-electron chi connectivity index (χ4n) is 1.70. The van der Waals surface area contributed by atoms with E-state index < -0.39 is 6.04 Å². The van der Waals surface area contributed by atoms with Crippen LogP contribution in [-0.4, -0.2) is 11.8 Å². The summed E-state index contributed by atoms with van der Waals surface area (Å²) in [5, 5.41) is 7.38. The van der Waals surface area contributed by atoms with Gasteiger partial charge in [0.1, 0.15) is 6.04 Å². The van der Waals surface area contributed by atoms with Crippen molar-refractivity contribution in [2.24, 2.45) is 5.73 Å². The molecule has 1 heterocycles. The van der Waals surface area contributed by atoms with E-state index in [0.29, 0.717) is 17.8 Å². The summed E-state index contributed by atoms with van der Waals surface area (Å²) in [5.41, 5.74) is 7.22. The Kier molecular flexibility index (Phi) is 5.08. The van der Waals surface area contributed by atoms with Crippen LogP contribution < -0.4 is 16.4 Å². The van der Waals surface area contributed by atoms with Crippen LogP contribution in [0.2, 0.25) is 0 Å². The maximum Gasteiger partial charge on any atom is 0.246 e. The van der Waals surface area contributed by atoms with Crippen LogP contribution in [0, 0.1) is 0 Å². The quantitative estimate of drug-likeness (QED) is 0.794. The van der Waals surface area contributed by atoms with Gasteiger partial charge in [-0.25, -0.2) is 0 Å². The van der Waals surface area contributed by atoms with Crippen molar-refractivity contribution in [2.75, 3.05) is 10.6 Å². The van der Waals surface area contributed by atoms with Crippen LogP contribution in [0.25, 0.3) is 0 Å². The lowest BCUT2D eigenvalue weighted by Gasteiger charge is -2.11. The largest absolute Gasteiger partial charge is 0.326 e. The van der Waals surface area contributed by atoms with Crippen LogP contribution in [0.1, 0.15) is 24.3 Å². The van der Waals surface area contributed by atoms with Crippen molar-refractivity contribution in [1.82, 2.24) is 0 Å². The Morgan fingerprint density at radius 2 is 1.76 bits per heavy atom. The van der Waals surface area contributed by atoms with E-state index in [1.54, 1.807) is 31.2 Å². The predicted octanol–water partition coefficient (Wildman–Crippen LogP) is 2.74. The minimum Gasteiger partial charge on any atom is -0.326 e. The Labute approximate surface area is 127 Å². The number of anilines is 2. The summed E-state index contributed by atoms with van der Waals surface area (Å²) in [6.45, 7) is 1.79. The van der Waals surface area contributed by atoms with Gasteiger partial charge in [-0.2, -0.15) is 0 Å². The molecule has 0 bridgehead atoms. The van der Waals surface area contributed by atoms with Gasteiger partial charge in [-0.15, -0.1) is 11.3 Å². The molecule has 1 aromatic carbocycles. The van der Waals surface area contributed by atoms with Crippen molar-refractivity contribution in [3.8, 4) is 0 Å². The highest BCUT2D eigenvalue weighted by atomic mass is 32.1. The molecule has 21 heavy (non-hydrogen) atoms. The van der Waals surface area contributed by atoms with Gasteiger partial charge in [0, 0.05) is 22.7 Å². The van der Waals surface area contributed by atoms with Crippen molar-refractivity contribution < 1.29 is 9.59 Å². The lowest BCUT2D eigenvalue weighted by Crippen LogP contribution is -2.26. The average molecular weight is 303 g/mol. The maximum absolute atomic E-state index is 12.0. The zero-order chi connectivity index (χ0) is 15.2. The van der Waals surface area contributed by atoms with Crippen molar-refractivity contribution in [3.63, 3.8) is 0 Å². The molecule has 6 heteroatoms. The van der Waals surface area contributed by atoms with E-state index in [2.05, 4.69) is 10.6 Å². The van der Waals surface area contributed by atoms with Gasteiger partial charge in [0.2, 0.25) is 11.8 Å². The molecule has 0 aliphatic carbocycles. The summed E-state index contributed by atoms with van der Waals surface area (Å²) in [4.78, 5) is 24.1. The van der Waals surface area contributed by atoms with Crippen LogP contribution in [-0.2, 0) is 9.59 Å². The van der Waals surface area contributed by atoms with E-state index in [1.807, 2.05) is 17.5 Å².